The Morgan fingerprint density at radius 3 is 3.08 bits per heavy atom. The van der Waals surface area contributed by atoms with Gasteiger partial charge in [-0.25, -0.2) is 18.8 Å². The van der Waals surface area contributed by atoms with Crippen LogP contribution in [0.3, 0.4) is 0 Å². The number of carbonyl (C=O) groups is 1. The Morgan fingerprint density at radius 2 is 2.42 bits per heavy atom. The van der Waals surface area contributed by atoms with Crippen LogP contribution in [0, 0.1) is 5.82 Å². The van der Waals surface area contributed by atoms with Gasteiger partial charge in [0.25, 0.3) is 0 Å². The zero-order valence-electron chi connectivity index (χ0n) is 13.4. The third-order valence-electron chi connectivity index (χ3n) is 3.52. The maximum atomic E-state index is 13.3. The van der Waals surface area contributed by atoms with E-state index in [1.54, 1.807) is 11.9 Å². The Kier molecular flexibility index (Phi) is 5.74. The second-order valence-corrected chi connectivity index (χ2v) is 7.29. The van der Waals surface area contributed by atoms with Gasteiger partial charge in [-0.2, -0.15) is 0 Å². The standard InChI is InChI=1S/C14H14BrFN6O3S/c1-22-5-8(18-14(22)23)6-26-13-11(20-25-21-13)12(19-24)17-7-2-3-10(16)9(15)4-7/h2-4,8,24H,5-6H2,1H3,(H,17,19)(H,18,23)/t8-/m0/s1. The second kappa shape index (κ2) is 8.01. The summed E-state index contributed by atoms with van der Waals surface area (Å²) in [6, 6.07) is 3.97. The van der Waals surface area contributed by atoms with E-state index >= 15 is 0 Å². The van der Waals surface area contributed by atoms with E-state index in [4.69, 9.17) is 4.63 Å². The van der Waals surface area contributed by atoms with Crippen molar-refractivity contribution in [1.29, 1.82) is 0 Å². The molecule has 9 nitrogen and oxygen atoms in total. The molecule has 12 heteroatoms. The molecule has 3 rings (SSSR count). The van der Waals surface area contributed by atoms with Gasteiger partial charge in [0.1, 0.15) is 5.82 Å². The Hall–Kier alpha value is -2.18. The fraction of sp³-hybridized carbons (Fsp3) is 0.286. The summed E-state index contributed by atoms with van der Waals surface area (Å²) in [6.45, 7) is 0.579. The molecule has 138 valence electrons. The number of urea groups is 1. The maximum Gasteiger partial charge on any atom is 0.317 e. The Morgan fingerprint density at radius 1 is 1.62 bits per heavy atom. The van der Waals surface area contributed by atoms with Gasteiger partial charge in [0.05, 0.1) is 16.2 Å². The van der Waals surface area contributed by atoms with Crippen molar-refractivity contribution in [3.63, 3.8) is 0 Å². The van der Waals surface area contributed by atoms with Gasteiger partial charge in [-0.15, -0.1) is 0 Å². The number of aliphatic imine (C=N–C) groups is 1. The zero-order chi connectivity index (χ0) is 18.7. The molecule has 1 aliphatic heterocycles. The first-order valence-corrected chi connectivity index (χ1v) is 9.17. The van der Waals surface area contributed by atoms with Crippen LogP contribution in [0.25, 0.3) is 0 Å². The van der Waals surface area contributed by atoms with Gasteiger partial charge < -0.3 is 10.2 Å². The molecule has 26 heavy (non-hydrogen) atoms. The van der Waals surface area contributed by atoms with Crippen molar-refractivity contribution in [1.82, 2.24) is 26.0 Å². The molecule has 0 spiro atoms. The van der Waals surface area contributed by atoms with Crippen molar-refractivity contribution in [3.05, 3.63) is 34.2 Å². The number of nitrogens with one attached hydrogen (secondary N) is 2. The number of likely N-dealkylation sites (N-methyl/N-ethyl adjacent to an activating group) is 1. The number of carbonyl (C=O) groups excluding carboxylic acids is 1. The smallest absolute Gasteiger partial charge is 0.317 e. The first-order chi connectivity index (χ1) is 12.5. The van der Waals surface area contributed by atoms with Crippen LogP contribution in [0.4, 0.5) is 14.9 Å². The molecule has 2 amide bonds. The van der Waals surface area contributed by atoms with E-state index in [2.05, 4.69) is 36.6 Å². The number of hydrogen-bond acceptors (Lipinski definition) is 7. The van der Waals surface area contributed by atoms with Crippen molar-refractivity contribution in [3.8, 4) is 0 Å². The molecule has 1 aliphatic rings. The molecule has 0 bridgehead atoms. The Labute approximate surface area is 160 Å². The number of nitrogens with zero attached hydrogens (tertiary/aromatic N) is 4. The predicted octanol–water partition coefficient (Wildman–Crippen LogP) is 2.14. The molecule has 1 aromatic carbocycles. The summed E-state index contributed by atoms with van der Waals surface area (Å²) in [5.41, 5.74) is 2.55. The monoisotopic (exact) mass is 444 g/mol. The SMILES string of the molecule is CN1C[C@@H](CSc2nonc2C(=Nc2ccc(F)c(Br)c2)NO)NC1=O. The van der Waals surface area contributed by atoms with Gasteiger partial charge in [0, 0.05) is 19.3 Å². The predicted molar refractivity (Wildman–Crippen MR) is 95.2 cm³/mol. The lowest BCUT2D eigenvalue weighted by Gasteiger charge is -2.08. The van der Waals surface area contributed by atoms with Crippen molar-refractivity contribution in [2.24, 2.45) is 4.99 Å². The van der Waals surface area contributed by atoms with E-state index in [0.717, 1.165) is 0 Å². The molecule has 0 radical (unpaired) electrons. The Balaban J connectivity index is 1.75. The number of halogens is 2. The lowest BCUT2D eigenvalue weighted by atomic mass is 10.3. The number of rotatable bonds is 5. The van der Waals surface area contributed by atoms with Crippen LogP contribution >= 0.6 is 27.7 Å². The number of hydrogen-bond donors (Lipinski definition) is 3. The minimum Gasteiger partial charge on any atom is -0.333 e. The highest BCUT2D eigenvalue weighted by atomic mass is 79.9. The van der Waals surface area contributed by atoms with Gasteiger partial charge in [0.2, 0.25) is 0 Å². The summed E-state index contributed by atoms with van der Waals surface area (Å²) in [6.07, 6.45) is 0. The quantitative estimate of drug-likeness (QED) is 0.280. The average Bonchev–Trinajstić information content (AvgIpc) is 3.20. The third-order valence-corrected chi connectivity index (χ3v) is 5.24. The largest absolute Gasteiger partial charge is 0.333 e. The third kappa shape index (κ3) is 4.14. The van der Waals surface area contributed by atoms with Crippen LogP contribution in [0.1, 0.15) is 5.69 Å². The molecule has 2 aromatic rings. The van der Waals surface area contributed by atoms with Gasteiger partial charge in [-0.3, -0.25) is 10.7 Å². The highest BCUT2D eigenvalue weighted by Crippen LogP contribution is 2.25. The second-order valence-electron chi connectivity index (χ2n) is 5.43. The molecule has 2 heterocycles. The van der Waals surface area contributed by atoms with Crippen molar-refractivity contribution >= 4 is 45.2 Å². The van der Waals surface area contributed by atoms with E-state index in [1.165, 1.54) is 30.0 Å². The summed E-state index contributed by atoms with van der Waals surface area (Å²) in [5.74, 6) is 0.114. The van der Waals surface area contributed by atoms with Crippen molar-refractivity contribution in [2.75, 3.05) is 19.3 Å². The van der Waals surface area contributed by atoms with Crippen LogP contribution in [-0.4, -0.2) is 57.7 Å². The first-order valence-electron chi connectivity index (χ1n) is 7.39. The molecule has 3 N–H and O–H groups in total. The number of thioether (sulfide) groups is 1. The van der Waals surface area contributed by atoms with Crippen LogP contribution in [0.15, 0.2) is 37.3 Å². The van der Waals surface area contributed by atoms with E-state index in [9.17, 15) is 14.4 Å². The van der Waals surface area contributed by atoms with Crippen molar-refractivity contribution < 1.29 is 19.0 Å². The fourth-order valence-electron chi connectivity index (χ4n) is 2.25. The summed E-state index contributed by atoms with van der Waals surface area (Å²) < 4.78 is 18.3. The molecule has 0 saturated carbocycles. The molecule has 1 aromatic heterocycles. The normalized spacial score (nSPS) is 17.5. The summed E-state index contributed by atoms with van der Waals surface area (Å²) in [7, 11) is 1.71. The molecule has 0 unspecified atom stereocenters. The average molecular weight is 445 g/mol. The number of amidine groups is 1. The minimum atomic E-state index is -0.426. The zero-order valence-corrected chi connectivity index (χ0v) is 15.8. The van der Waals surface area contributed by atoms with Crippen LogP contribution < -0.4 is 10.8 Å². The number of aromatic nitrogens is 2. The van der Waals surface area contributed by atoms with E-state index in [-0.39, 0.29) is 28.1 Å². The van der Waals surface area contributed by atoms with E-state index in [0.29, 0.717) is 23.0 Å². The lowest BCUT2D eigenvalue weighted by Crippen LogP contribution is -2.29. The summed E-state index contributed by atoms with van der Waals surface area (Å²) in [5, 5.41) is 20.2. The number of benzene rings is 1. The molecular formula is C14H14BrFN6O3S. The molecule has 1 atom stereocenters. The van der Waals surface area contributed by atoms with Crippen LogP contribution in [-0.2, 0) is 0 Å². The maximum absolute atomic E-state index is 13.3. The van der Waals surface area contributed by atoms with E-state index in [1.807, 2.05) is 5.48 Å². The molecule has 0 aliphatic carbocycles. The topological polar surface area (TPSA) is 116 Å². The number of amides is 2. The summed E-state index contributed by atoms with van der Waals surface area (Å²) >= 11 is 4.38. The molecule has 1 saturated heterocycles. The Bertz CT molecular complexity index is 848. The van der Waals surface area contributed by atoms with E-state index < -0.39 is 5.82 Å². The van der Waals surface area contributed by atoms with Gasteiger partial charge >= 0.3 is 6.03 Å². The van der Waals surface area contributed by atoms with Crippen LogP contribution in [0.2, 0.25) is 0 Å². The van der Waals surface area contributed by atoms with Gasteiger partial charge in [-0.05, 0) is 44.4 Å². The number of hydroxylamine groups is 1. The first kappa shape index (κ1) is 18.6. The van der Waals surface area contributed by atoms with Crippen LogP contribution in [0.5, 0.6) is 0 Å². The molecular weight excluding hydrogens is 431 g/mol. The lowest BCUT2D eigenvalue weighted by molar-refractivity contribution is 0.226. The highest BCUT2D eigenvalue weighted by Gasteiger charge is 2.27. The van der Waals surface area contributed by atoms with Gasteiger partial charge in [-0.1, -0.05) is 11.8 Å². The summed E-state index contributed by atoms with van der Waals surface area (Å²) in [4.78, 5) is 17.3. The highest BCUT2D eigenvalue weighted by molar-refractivity contribution is 9.10. The van der Waals surface area contributed by atoms with Gasteiger partial charge in [0.15, 0.2) is 16.6 Å². The molecule has 1 fully saturated rings. The minimum absolute atomic E-state index is 0.000154. The van der Waals surface area contributed by atoms with Crippen molar-refractivity contribution in [2.45, 2.75) is 11.1 Å². The fourth-order valence-corrected chi connectivity index (χ4v) is 3.52.